The second kappa shape index (κ2) is 9.14. The first kappa shape index (κ1) is 20.9. The van der Waals surface area contributed by atoms with E-state index >= 15 is 0 Å². The molecule has 0 unspecified atom stereocenters. The summed E-state index contributed by atoms with van der Waals surface area (Å²) in [6.07, 6.45) is 0.00222. The Morgan fingerprint density at radius 1 is 1.54 bits per heavy atom. The Hall–Kier alpha value is -1.79. The Balaban J connectivity index is 1.64. The van der Waals surface area contributed by atoms with Crippen molar-refractivity contribution in [3.63, 3.8) is 0 Å². The maximum atomic E-state index is 12.5. The number of aromatic amines is 1. The zero-order valence-corrected chi connectivity index (χ0v) is 17.1. The maximum Gasteiger partial charge on any atom is 0.287 e. The molecule has 12 heteroatoms. The average molecular weight is 431 g/mol. The highest BCUT2D eigenvalue weighted by Crippen LogP contribution is 2.28. The number of aryl methyl sites for hydroxylation is 1. The smallest absolute Gasteiger partial charge is 0.287 e. The van der Waals surface area contributed by atoms with Gasteiger partial charge in [0.25, 0.3) is 5.91 Å². The molecule has 154 valence electrons. The Kier molecular flexibility index (Phi) is 6.83. The highest BCUT2D eigenvalue weighted by Gasteiger charge is 2.33. The molecule has 3 atom stereocenters. The number of anilines is 1. The molecule has 1 fully saturated rings. The van der Waals surface area contributed by atoms with E-state index in [-0.39, 0.29) is 23.9 Å². The van der Waals surface area contributed by atoms with E-state index in [1.807, 2.05) is 11.8 Å². The first-order chi connectivity index (χ1) is 13.5. The van der Waals surface area contributed by atoms with Crippen molar-refractivity contribution in [2.24, 2.45) is 0 Å². The molecule has 1 saturated heterocycles. The SMILES string of the molecule is CCc1[nH]c(C(=O)N[C@@H]2CCN(c3nnc([C@@H](O)CO)s3)C[C@@H]2OC)nc1Cl. The van der Waals surface area contributed by atoms with E-state index in [0.717, 1.165) is 5.69 Å². The van der Waals surface area contributed by atoms with Gasteiger partial charge < -0.3 is 30.2 Å². The number of aromatic nitrogens is 4. The Morgan fingerprint density at radius 3 is 2.96 bits per heavy atom. The van der Waals surface area contributed by atoms with Gasteiger partial charge in [-0.1, -0.05) is 29.9 Å². The molecule has 0 bridgehead atoms. The minimum atomic E-state index is -1.03. The van der Waals surface area contributed by atoms with Crippen molar-refractivity contribution >= 4 is 34.0 Å². The second-order valence-electron chi connectivity index (χ2n) is 6.42. The standard InChI is InChI=1S/C16H23ClN6O4S/c1-3-8-12(17)20-13(18-8)14(26)19-9-4-5-23(6-11(9)27-2)16-22-21-15(28-16)10(25)7-24/h9-11,24-25H,3-7H2,1-2H3,(H,18,20)(H,19,26)/t9-,10+,11+/m1/s1. The van der Waals surface area contributed by atoms with Gasteiger partial charge in [0.1, 0.15) is 11.1 Å². The summed E-state index contributed by atoms with van der Waals surface area (Å²) in [7, 11) is 1.59. The number of rotatable bonds is 7. The number of amides is 1. The number of nitrogens with one attached hydrogen (secondary N) is 2. The summed E-state index contributed by atoms with van der Waals surface area (Å²) in [4.78, 5) is 21.5. The zero-order chi connectivity index (χ0) is 20.3. The molecule has 0 aliphatic carbocycles. The molecule has 2 aromatic rings. The maximum absolute atomic E-state index is 12.5. The van der Waals surface area contributed by atoms with Gasteiger partial charge in [0, 0.05) is 20.2 Å². The first-order valence-corrected chi connectivity index (χ1v) is 10.1. The van der Waals surface area contributed by atoms with E-state index in [2.05, 4.69) is 25.5 Å². The van der Waals surface area contributed by atoms with Crippen LogP contribution in [0.2, 0.25) is 5.15 Å². The van der Waals surface area contributed by atoms with Crippen LogP contribution in [-0.2, 0) is 11.2 Å². The van der Waals surface area contributed by atoms with E-state index < -0.39 is 12.7 Å². The van der Waals surface area contributed by atoms with Crippen LogP contribution in [0, 0.1) is 0 Å². The molecule has 1 aliphatic rings. The zero-order valence-electron chi connectivity index (χ0n) is 15.6. The predicted molar refractivity (Wildman–Crippen MR) is 104 cm³/mol. The summed E-state index contributed by atoms with van der Waals surface area (Å²) in [5.74, 6) is -0.141. The monoisotopic (exact) mass is 430 g/mol. The number of carbonyl (C=O) groups excluding carboxylic acids is 1. The number of halogens is 1. The van der Waals surface area contributed by atoms with Crippen LogP contribution in [0.5, 0.6) is 0 Å². The van der Waals surface area contributed by atoms with Crippen molar-refractivity contribution in [3.05, 3.63) is 21.7 Å². The minimum Gasteiger partial charge on any atom is -0.393 e. The van der Waals surface area contributed by atoms with Crippen LogP contribution in [0.15, 0.2) is 0 Å². The fourth-order valence-corrected chi connectivity index (χ4v) is 4.15. The molecule has 0 saturated carbocycles. The van der Waals surface area contributed by atoms with Gasteiger partial charge in [-0.05, 0) is 12.8 Å². The Bertz CT molecular complexity index is 815. The number of carbonyl (C=O) groups is 1. The van der Waals surface area contributed by atoms with Crippen molar-refractivity contribution in [1.82, 2.24) is 25.5 Å². The fraction of sp³-hybridized carbons (Fsp3) is 0.625. The largest absolute Gasteiger partial charge is 0.393 e. The average Bonchev–Trinajstić information content (AvgIpc) is 3.34. The van der Waals surface area contributed by atoms with E-state index in [9.17, 15) is 9.90 Å². The molecule has 28 heavy (non-hydrogen) atoms. The van der Waals surface area contributed by atoms with Gasteiger partial charge in [-0.15, -0.1) is 10.2 Å². The molecule has 0 aromatic carbocycles. The summed E-state index contributed by atoms with van der Waals surface area (Å²) in [6.45, 7) is 2.66. The van der Waals surface area contributed by atoms with Crippen molar-refractivity contribution < 1.29 is 19.7 Å². The lowest BCUT2D eigenvalue weighted by Crippen LogP contribution is -2.55. The number of ether oxygens (including phenoxy) is 1. The van der Waals surface area contributed by atoms with Crippen molar-refractivity contribution in [2.45, 2.75) is 38.0 Å². The topological polar surface area (TPSA) is 136 Å². The van der Waals surface area contributed by atoms with Crippen LogP contribution in [0.25, 0.3) is 0 Å². The number of piperidine rings is 1. The molecule has 10 nitrogen and oxygen atoms in total. The molecule has 3 rings (SSSR count). The van der Waals surface area contributed by atoms with Crippen LogP contribution in [0.3, 0.4) is 0 Å². The summed E-state index contributed by atoms with van der Waals surface area (Å²) in [6, 6.07) is -0.196. The number of nitrogens with zero attached hydrogens (tertiary/aromatic N) is 4. The normalized spacial score (nSPS) is 21.0. The van der Waals surface area contributed by atoms with Crippen LogP contribution < -0.4 is 10.2 Å². The lowest BCUT2D eigenvalue weighted by Gasteiger charge is -2.37. The molecular weight excluding hydrogens is 408 g/mol. The van der Waals surface area contributed by atoms with Crippen molar-refractivity contribution in [3.8, 4) is 0 Å². The number of imidazole rings is 1. The van der Waals surface area contributed by atoms with E-state index in [1.165, 1.54) is 11.3 Å². The minimum absolute atomic E-state index is 0.186. The third-order valence-corrected chi connectivity index (χ3v) is 6.03. The molecule has 0 spiro atoms. The van der Waals surface area contributed by atoms with Crippen LogP contribution >= 0.6 is 22.9 Å². The number of methoxy groups -OCH3 is 1. The van der Waals surface area contributed by atoms with Crippen molar-refractivity contribution in [1.29, 1.82) is 0 Å². The lowest BCUT2D eigenvalue weighted by molar-refractivity contribution is 0.0538. The van der Waals surface area contributed by atoms with Crippen LogP contribution in [0.1, 0.15) is 40.8 Å². The predicted octanol–water partition coefficient (Wildman–Crippen LogP) is 0.526. The van der Waals surface area contributed by atoms with Crippen LogP contribution in [-0.4, -0.2) is 75.2 Å². The fourth-order valence-electron chi connectivity index (χ4n) is 3.03. The first-order valence-electron chi connectivity index (χ1n) is 8.92. The molecule has 0 radical (unpaired) electrons. The summed E-state index contributed by atoms with van der Waals surface area (Å²) in [5.41, 5.74) is 0.724. The third kappa shape index (κ3) is 4.44. The molecule has 1 amide bonds. The molecule has 2 aromatic heterocycles. The lowest BCUT2D eigenvalue weighted by atomic mass is 10.0. The number of H-pyrrole nitrogens is 1. The second-order valence-corrected chi connectivity index (χ2v) is 7.76. The Labute approximate surface area is 170 Å². The molecule has 4 N–H and O–H groups in total. The van der Waals surface area contributed by atoms with E-state index in [0.29, 0.717) is 41.2 Å². The van der Waals surface area contributed by atoms with Gasteiger partial charge in [0.15, 0.2) is 11.0 Å². The highest BCUT2D eigenvalue weighted by molar-refractivity contribution is 7.15. The van der Waals surface area contributed by atoms with E-state index in [1.54, 1.807) is 7.11 Å². The summed E-state index contributed by atoms with van der Waals surface area (Å²) >= 11 is 7.24. The van der Waals surface area contributed by atoms with Gasteiger partial charge in [-0.25, -0.2) is 4.98 Å². The molecule has 1 aliphatic heterocycles. The third-order valence-electron chi connectivity index (χ3n) is 4.63. The van der Waals surface area contributed by atoms with Gasteiger partial charge in [-0.3, -0.25) is 4.79 Å². The number of aliphatic hydroxyl groups excluding tert-OH is 2. The summed E-state index contributed by atoms with van der Waals surface area (Å²) < 4.78 is 5.57. The van der Waals surface area contributed by atoms with Gasteiger partial charge in [0.05, 0.1) is 24.4 Å². The van der Waals surface area contributed by atoms with E-state index in [4.69, 9.17) is 21.4 Å². The van der Waals surface area contributed by atoms with Gasteiger partial charge in [0.2, 0.25) is 5.13 Å². The van der Waals surface area contributed by atoms with Crippen molar-refractivity contribution in [2.75, 3.05) is 31.7 Å². The van der Waals surface area contributed by atoms with Gasteiger partial charge in [-0.2, -0.15) is 0 Å². The highest BCUT2D eigenvalue weighted by atomic mass is 35.5. The molecule has 3 heterocycles. The number of hydrogen-bond donors (Lipinski definition) is 4. The number of aliphatic hydroxyl groups is 2. The summed E-state index contributed by atoms with van der Waals surface area (Å²) in [5, 5.41) is 31.0. The molecular formula is C16H23ClN6O4S. The van der Waals surface area contributed by atoms with Crippen LogP contribution in [0.4, 0.5) is 5.13 Å². The van der Waals surface area contributed by atoms with Gasteiger partial charge >= 0.3 is 0 Å². The quantitative estimate of drug-likeness (QED) is 0.499. The Morgan fingerprint density at radius 2 is 2.32 bits per heavy atom. The number of hydrogen-bond acceptors (Lipinski definition) is 9.